The molecule has 4 N–H and O–H groups in total. The molecular weight excluding hydrogens is 292 g/mol. The van der Waals surface area contributed by atoms with Crippen LogP contribution >= 0.6 is 0 Å². The van der Waals surface area contributed by atoms with Crippen molar-refractivity contribution in [3.8, 4) is 5.75 Å². The second kappa shape index (κ2) is 6.90. The number of anilines is 1. The van der Waals surface area contributed by atoms with Gasteiger partial charge in [0.15, 0.2) is 12.4 Å². The zero-order valence-corrected chi connectivity index (χ0v) is 11.7. The van der Waals surface area contributed by atoms with E-state index in [0.717, 1.165) is 0 Å². The molecule has 1 heterocycles. The Balaban J connectivity index is 2.09. The summed E-state index contributed by atoms with van der Waals surface area (Å²) in [5.41, 5.74) is 0.611. The van der Waals surface area contributed by atoms with Crippen molar-refractivity contribution in [1.82, 2.24) is 5.32 Å². The predicted molar refractivity (Wildman–Crippen MR) is 75.7 cm³/mol. The third kappa shape index (κ3) is 3.53. The number of aliphatic carboxylic acids is 1. The summed E-state index contributed by atoms with van der Waals surface area (Å²) in [5.74, 6) is -2.51. The molecule has 0 radical (unpaired) electrons. The number of carboxylic acid groups (broad SMARTS) is 1. The van der Waals surface area contributed by atoms with Gasteiger partial charge in [0.2, 0.25) is 0 Å². The highest BCUT2D eigenvalue weighted by Gasteiger charge is 2.24. The van der Waals surface area contributed by atoms with E-state index in [4.69, 9.17) is 14.9 Å². The van der Waals surface area contributed by atoms with E-state index in [1.807, 2.05) is 0 Å². The topological polar surface area (TPSA) is 125 Å². The summed E-state index contributed by atoms with van der Waals surface area (Å²) in [4.78, 5) is 34.4. The third-order valence-electron chi connectivity index (χ3n) is 3.22. The van der Waals surface area contributed by atoms with Gasteiger partial charge in [-0.1, -0.05) is 6.07 Å². The summed E-state index contributed by atoms with van der Waals surface area (Å²) < 4.78 is 5.26. The Labute approximate surface area is 126 Å². The first-order chi connectivity index (χ1) is 10.5. The lowest BCUT2D eigenvalue weighted by Gasteiger charge is -2.20. The molecular formula is C14H16N2O6. The van der Waals surface area contributed by atoms with Crippen LogP contribution in [0.15, 0.2) is 18.2 Å². The first-order valence-electron chi connectivity index (χ1n) is 6.70. The standard InChI is InChI=1S/C14H16N2O6/c17-5-4-8(14(20)21)6-15-13(19)9-2-1-3-10-12(9)22-7-11(18)16-10/h1-3,8,17H,4-7H2,(H,15,19)(H,16,18)(H,20,21). The number of fused-ring (bicyclic) bond motifs is 1. The molecule has 1 aromatic carbocycles. The lowest BCUT2D eigenvalue weighted by molar-refractivity contribution is -0.142. The molecule has 2 amide bonds. The summed E-state index contributed by atoms with van der Waals surface area (Å²) >= 11 is 0. The van der Waals surface area contributed by atoms with Crippen molar-refractivity contribution in [3.63, 3.8) is 0 Å². The molecule has 1 aromatic rings. The van der Waals surface area contributed by atoms with Gasteiger partial charge in [0, 0.05) is 13.2 Å². The Kier molecular flexibility index (Phi) is 4.95. The zero-order valence-electron chi connectivity index (χ0n) is 11.7. The third-order valence-corrected chi connectivity index (χ3v) is 3.22. The molecule has 0 fully saturated rings. The number of benzene rings is 1. The number of ether oxygens (including phenoxy) is 1. The van der Waals surface area contributed by atoms with Crippen LogP contribution in [0, 0.1) is 5.92 Å². The molecule has 0 spiro atoms. The van der Waals surface area contributed by atoms with E-state index in [1.54, 1.807) is 12.1 Å². The van der Waals surface area contributed by atoms with Gasteiger partial charge >= 0.3 is 5.97 Å². The van der Waals surface area contributed by atoms with Gasteiger partial charge in [-0.2, -0.15) is 0 Å². The second-order valence-electron chi connectivity index (χ2n) is 4.78. The van der Waals surface area contributed by atoms with E-state index in [0.29, 0.717) is 5.69 Å². The van der Waals surface area contributed by atoms with Crippen molar-refractivity contribution in [1.29, 1.82) is 0 Å². The Morgan fingerprint density at radius 1 is 1.41 bits per heavy atom. The Morgan fingerprint density at radius 3 is 2.86 bits per heavy atom. The maximum absolute atomic E-state index is 12.2. The first kappa shape index (κ1) is 15.8. The molecule has 0 bridgehead atoms. The molecule has 1 aliphatic heterocycles. The van der Waals surface area contributed by atoms with Gasteiger partial charge < -0.3 is 25.6 Å². The molecule has 0 saturated carbocycles. The van der Waals surface area contributed by atoms with E-state index in [9.17, 15) is 14.4 Å². The summed E-state index contributed by atoms with van der Waals surface area (Å²) in [6.07, 6.45) is 0.0507. The number of nitrogens with one attached hydrogen (secondary N) is 2. The number of hydrogen-bond acceptors (Lipinski definition) is 5. The molecule has 22 heavy (non-hydrogen) atoms. The fourth-order valence-corrected chi connectivity index (χ4v) is 2.07. The molecule has 8 nitrogen and oxygen atoms in total. The van der Waals surface area contributed by atoms with Crippen LogP contribution in [-0.4, -0.2) is 47.8 Å². The van der Waals surface area contributed by atoms with Crippen molar-refractivity contribution in [2.24, 2.45) is 5.92 Å². The highest BCUT2D eigenvalue weighted by molar-refractivity contribution is 6.03. The number of hydrogen-bond donors (Lipinski definition) is 4. The van der Waals surface area contributed by atoms with Crippen LogP contribution in [0.1, 0.15) is 16.8 Å². The van der Waals surface area contributed by atoms with Crippen molar-refractivity contribution < 1.29 is 29.3 Å². The summed E-state index contributed by atoms with van der Waals surface area (Å²) in [5, 5.41) is 22.9. The van der Waals surface area contributed by atoms with Gasteiger partial charge in [0.05, 0.1) is 17.2 Å². The van der Waals surface area contributed by atoms with Crippen LogP contribution in [0.4, 0.5) is 5.69 Å². The number of carbonyl (C=O) groups is 3. The average molecular weight is 308 g/mol. The smallest absolute Gasteiger partial charge is 0.308 e. The van der Waals surface area contributed by atoms with Crippen LogP contribution < -0.4 is 15.4 Å². The SMILES string of the molecule is O=C1COc2c(cccc2C(=O)NCC(CCO)C(=O)O)N1. The highest BCUT2D eigenvalue weighted by atomic mass is 16.5. The molecule has 118 valence electrons. The Bertz CT molecular complexity index is 601. The van der Waals surface area contributed by atoms with Crippen LogP contribution in [0.2, 0.25) is 0 Å². The minimum atomic E-state index is -1.09. The van der Waals surface area contributed by atoms with Gasteiger partial charge in [-0.3, -0.25) is 14.4 Å². The first-order valence-corrected chi connectivity index (χ1v) is 6.70. The molecule has 2 rings (SSSR count). The summed E-state index contributed by atoms with van der Waals surface area (Å²) in [6.45, 7) is -0.562. The second-order valence-corrected chi connectivity index (χ2v) is 4.78. The molecule has 1 atom stereocenters. The maximum atomic E-state index is 12.2. The van der Waals surface area contributed by atoms with E-state index < -0.39 is 17.8 Å². The number of rotatable bonds is 6. The molecule has 1 unspecified atom stereocenters. The monoisotopic (exact) mass is 308 g/mol. The fraction of sp³-hybridized carbons (Fsp3) is 0.357. The minimum Gasteiger partial charge on any atom is -0.481 e. The Morgan fingerprint density at radius 2 is 2.18 bits per heavy atom. The van der Waals surface area contributed by atoms with Crippen LogP contribution in [0.5, 0.6) is 5.75 Å². The number of para-hydroxylation sites is 1. The van der Waals surface area contributed by atoms with Gasteiger partial charge in [0.25, 0.3) is 11.8 Å². The van der Waals surface area contributed by atoms with Gasteiger partial charge in [-0.05, 0) is 18.6 Å². The number of aliphatic hydroxyl groups is 1. The lowest BCUT2D eigenvalue weighted by atomic mass is 10.1. The zero-order chi connectivity index (χ0) is 16.1. The van der Waals surface area contributed by atoms with Crippen molar-refractivity contribution in [2.75, 3.05) is 25.1 Å². The number of carboxylic acids is 1. The van der Waals surface area contributed by atoms with E-state index in [1.165, 1.54) is 6.07 Å². The summed E-state index contributed by atoms with van der Waals surface area (Å²) in [7, 11) is 0. The molecule has 0 saturated heterocycles. The lowest BCUT2D eigenvalue weighted by Crippen LogP contribution is -2.34. The molecule has 0 aliphatic carbocycles. The highest BCUT2D eigenvalue weighted by Crippen LogP contribution is 2.31. The van der Waals surface area contributed by atoms with E-state index in [-0.39, 0.29) is 43.4 Å². The van der Waals surface area contributed by atoms with Crippen molar-refractivity contribution in [2.45, 2.75) is 6.42 Å². The van der Waals surface area contributed by atoms with Gasteiger partial charge in [-0.25, -0.2) is 0 Å². The molecule has 8 heteroatoms. The van der Waals surface area contributed by atoms with Gasteiger partial charge in [-0.15, -0.1) is 0 Å². The molecule has 1 aliphatic rings. The quantitative estimate of drug-likeness (QED) is 0.578. The van der Waals surface area contributed by atoms with Gasteiger partial charge in [0.1, 0.15) is 0 Å². The number of carbonyl (C=O) groups excluding carboxylic acids is 2. The van der Waals surface area contributed by atoms with Crippen molar-refractivity contribution in [3.05, 3.63) is 23.8 Å². The maximum Gasteiger partial charge on any atom is 0.308 e. The van der Waals surface area contributed by atoms with E-state index >= 15 is 0 Å². The largest absolute Gasteiger partial charge is 0.481 e. The Hall–Kier alpha value is -2.61. The normalized spacial score (nSPS) is 14.3. The van der Waals surface area contributed by atoms with Crippen LogP contribution in [0.25, 0.3) is 0 Å². The predicted octanol–water partition coefficient (Wildman–Crippen LogP) is -0.170. The fourth-order valence-electron chi connectivity index (χ4n) is 2.07. The summed E-state index contributed by atoms with van der Waals surface area (Å²) in [6, 6.07) is 4.72. The average Bonchev–Trinajstić information content (AvgIpc) is 2.49. The van der Waals surface area contributed by atoms with Crippen LogP contribution in [-0.2, 0) is 9.59 Å². The van der Waals surface area contributed by atoms with E-state index in [2.05, 4.69) is 10.6 Å². The minimum absolute atomic E-state index is 0.0507. The number of aliphatic hydroxyl groups excluding tert-OH is 1. The van der Waals surface area contributed by atoms with Crippen LogP contribution in [0.3, 0.4) is 0 Å². The molecule has 0 aromatic heterocycles. The van der Waals surface area contributed by atoms with Crippen molar-refractivity contribution >= 4 is 23.5 Å². The number of amides is 2.